The minimum atomic E-state index is -4.59. The summed E-state index contributed by atoms with van der Waals surface area (Å²) in [5.41, 5.74) is 1.33. The summed E-state index contributed by atoms with van der Waals surface area (Å²) in [5.74, 6) is -0.743. The van der Waals surface area contributed by atoms with E-state index >= 15 is 0 Å². The first-order valence-corrected chi connectivity index (χ1v) is 8.07. The van der Waals surface area contributed by atoms with Crippen LogP contribution in [0.2, 0.25) is 0 Å². The molecule has 1 aliphatic carbocycles. The van der Waals surface area contributed by atoms with Crippen LogP contribution in [0.3, 0.4) is 0 Å². The molecule has 4 rings (SSSR count). The minimum absolute atomic E-state index is 0.0118. The van der Waals surface area contributed by atoms with Crippen LogP contribution in [0.25, 0.3) is 5.65 Å². The molecule has 0 radical (unpaired) electrons. The van der Waals surface area contributed by atoms with Crippen molar-refractivity contribution in [1.29, 1.82) is 0 Å². The molecule has 0 saturated heterocycles. The normalized spacial score (nSPS) is 16.6. The Morgan fingerprint density at radius 1 is 1.04 bits per heavy atom. The van der Waals surface area contributed by atoms with E-state index in [4.69, 9.17) is 0 Å². The fourth-order valence-electron chi connectivity index (χ4n) is 3.28. The highest BCUT2D eigenvalue weighted by molar-refractivity contribution is 5.45. The van der Waals surface area contributed by atoms with Gasteiger partial charge in [0.15, 0.2) is 5.65 Å². The van der Waals surface area contributed by atoms with Gasteiger partial charge in [0.05, 0.1) is 0 Å². The second-order valence-corrected chi connectivity index (χ2v) is 6.36. The molecule has 1 N–H and O–H groups in total. The summed E-state index contributed by atoms with van der Waals surface area (Å²) in [6, 6.07) is 13.3. The number of halogens is 3. The van der Waals surface area contributed by atoms with Gasteiger partial charge < -0.3 is 5.32 Å². The molecule has 1 aliphatic rings. The SMILES string of the molecule is FC(F)(F)c1nnc2ccc(NCC3(c4ccccc4)CCC3)nn12. The topological polar surface area (TPSA) is 55.1 Å². The monoisotopic (exact) mass is 347 g/mol. The van der Waals surface area contributed by atoms with Crippen molar-refractivity contribution < 1.29 is 13.2 Å². The number of aromatic nitrogens is 4. The van der Waals surface area contributed by atoms with Gasteiger partial charge in [-0.1, -0.05) is 36.8 Å². The van der Waals surface area contributed by atoms with Crippen molar-refractivity contribution in [1.82, 2.24) is 19.8 Å². The van der Waals surface area contributed by atoms with Crippen molar-refractivity contribution in [2.75, 3.05) is 11.9 Å². The molecule has 1 aromatic carbocycles. The third kappa shape index (κ3) is 2.81. The summed E-state index contributed by atoms with van der Waals surface area (Å²) in [6.45, 7) is 0.624. The second kappa shape index (κ2) is 5.72. The molecule has 130 valence electrons. The molecule has 2 heterocycles. The molecule has 0 spiro atoms. The predicted molar refractivity (Wildman–Crippen MR) is 86.2 cm³/mol. The summed E-state index contributed by atoms with van der Waals surface area (Å²) >= 11 is 0. The summed E-state index contributed by atoms with van der Waals surface area (Å²) in [4.78, 5) is 0. The van der Waals surface area contributed by atoms with Gasteiger partial charge in [0.1, 0.15) is 5.82 Å². The van der Waals surface area contributed by atoms with E-state index in [2.05, 4.69) is 32.7 Å². The highest BCUT2D eigenvalue weighted by Crippen LogP contribution is 2.43. The fraction of sp³-hybridized carbons (Fsp3) is 0.353. The Hall–Kier alpha value is -2.64. The summed E-state index contributed by atoms with van der Waals surface area (Å²) in [7, 11) is 0. The zero-order chi connectivity index (χ0) is 17.5. The van der Waals surface area contributed by atoms with Crippen LogP contribution in [-0.2, 0) is 11.6 Å². The smallest absolute Gasteiger partial charge is 0.368 e. The van der Waals surface area contributed by atoms with Crippen LogP contribution in [0.5, 0.6) is 0 Å². The Kier molecular flexibility index (Phi) is 3.63. The van der Waals surface area contributed by atoms with Gasteiger partial charge in [0.25, 0.3) is 5.82 Å². The van der Waals surface area contributed by atoms with Gasteiger partial charge in [0.2, 0.25) is 0 Å². The van der Waals surface area contributed by atoms with Gasteiger partial charge in [-0.2, -0.15) is 17.7 Å². The minimum Gasteiger partial charge on any atom is -0.368 e. The van der Waals surface area contributed by atoms with Crippen molar-refractivity contribution in [3.05, 3.63) is 53.9 Å². The van der Waals surface area contributed by atoms with Crippen molar-refractivity contribution in [3.8, 4) is 0 Å². The third-order valence-electron chi connectivity index (χ3n) is 4.82. The van der Waals surface area contributed by atoms with Crippen molar-refractivity contribution in [2.24, 2.45) is 0 Å². The lowest BCUT2D eigenvalue weighted by molar-refractivity contribution is -0.146. The van der Waals surface area contributed by atoms with Crippen molar-refractivity contribution in [3.63, 3.8) is 0 Å². The molecule has 0 amide bonds. The standard InChI is InChI=1S/C17H16F3N5/c18-17(19,20)15-23-22-14-8-7-13(24-25(14)15)21-11-16(9-4-10-16)12-5-2-1-3-6-12/h1-3,5-8H,4,9-11H2,(H,21,24). The zero-order valence-electron chi connectivity index (χ0n) is 13.3. The third-order valence-corrected chi connectivity index (χ3v) is 4.82. The summed E-state index contributed by atoms with van der Waals surface area (Å²) in [5, 5.41) is 13.9. The van der Waals surface area contributed by atoms with Gasteiger partial charge in [-0.05, 0) is 30.5 Å². The predicted octanol–water partition coefficient (Wildman–Crippen LogP) is 3.68. The van der Waals surface area contributed by atoms with E-state index in [0.29, 0.717) is 12.4 Å². The van der Waals surface area contributed by atoms with E-state index < -0.39 is 12.0 Å². The number of hydrogen-bond acceptors (Lipinski definition) is 4. The zero-order valence-corrected chi connectivity index (χ0v) is 13.3. The molecule has 0 unspecified atom stereocenters. The van der Waals surface area contributed by atoms with Crippen molar-refractivity contribution in [2.45, 2.75) is 30.9 Å². The first kappa shape index (κ1) is 15.9. The van der Waals surface area contributed by atoms with Gasteiger partial charge in [-0.3, -0.25) is 0 Å². The number of hydrogen-bond donors (Lipinski definition) is 1. The Balaban J connectivity index is 1.59. The average molecular weight is 347 g/mol. The van der Waals surface area contributed by atoms with E-state index in [-0.39, 0.29) is 11.1 Å². The summed E-state index contributed by atoms with van der Waals surface area (Å²) in [6.07, 6.45) is -1.35. The van der Waals surface area contributed by atoms with E-state index in [9.17, 15) is 13.2 Å². The van der Waals surface area contributed by atoms with Crippen LogP contribution in [0.4, 0.5) is 19.0 Å². The Morgan fingerprint density at radius 2 is 1.80 bits per heavy atom. The molecule has 0 bridgehead atoms. The molecular weight excluding hydrogens is 331 g/mol. The van der Waals surface area contributed by atoms with E-state index in [1.807, 2.05) is 18.2 Å². The lowest BCUT2D eigenvalue weighted by Crippen LogP contribution is -2.41. The first-order chi connectivity index (χ1) is 12.0. The number of alkyl halides is 3. The Morgan fingerprint density at radius 3 is 2.44 bits per heavy atom. The quantitative estimate of drug-likeness (QED) is 0.782. The number of anilines is 1. The van der Waals surface area contributed by atoms with Crippen LogP contribution >= 0.6 is 0 Å². The highest BCUT2D eigenvalue weighted by Gasteiger charge is 2.39. The molecule has 2 aromatic heterocycles. The van der Waals surface area contributed by atoms with Gasteiger partial charge in [-0.25, -0.2) is 0 Å². The second-order valence-electron chi connectivity index (χ2n) is 6.36. The largest absolute Gasteiger partial charge is 0.453 e. The molecule has 8 heteroatoms. The molecule has 0 atom stereocenters. The van der Waals surface area contributed by atoms with E-state index in [1.165, 1.54) is 11.6 Å². The number of rotatable bonds is 4. The molecule has 1 fully saturated rings. The number of nitrogens with zero attached hydrogens (tertiary/aromatic N) is 4. The van der Waals surface area contributed by atoms with Crippen molar-refractivity contribution >= 4 is 11.5 Å². The van der Waals surface area contributed by atoms with Crippen LogP contribution in [0, 0.1) is 0 Å². The van der Waals surface area contributed by atoms with Gasteiger partial charge in [0, 0.05) is 12.0 Å². The van der Waals surface area contributed by atoms with Crippen LogP contribution in [0.1, 0.15) is 30.7 Å². The molecule has 25 heavy (non-hydrogen) atoms. The highest BCUT2D eigenvalue weighted by atomic mass is 19.4. The fourth-order valence-corrected chi connectivity index (χ4v) is 3.28. The first-order valence-electron chi connectivity index (χ1n) is 8.07. The maximum absolute atomic E-state index is 13.0. The number of fused-ring (bicyclic) bond motifs is 1. The maximum atomic E-state index is 13.0. The molecule has 0 aliphatic heterocycles. The van der Waals surface area contributed by atoms with E-state index in [1.54, 1.807) is 6.07 Å². The van der Waals surface area contributed by atoms with Gasteiger partial charge in [-0.15, -0.1) is 15.3 Å². The maximum Gasteiger partial charge on any atom is 0.453 e. The van der Waals surface area contributed by atoms with Crippen LogP contribution in [0.15, 0.2) is 42.5 Å². The molecular formula is C17H16F3N5. The van der Waals surface area contributed by atoms with Crippen LogP contribution < -0.4 is 5.32 Å². The molecule has 5 nitrogen and oxygen atoms in total. The van der Waals surface area contributed by atoms with E-state index in [0.717, 1.165) is 23.8 Å². The lowest BCUT2D eigenvalue weighted by Gasteiger charge is -2.42. The number of nitrogens with one attached hydrogen (secondary N) is 1. The Labute approximate surface area is 141 Å². The Bertz CT molecular complexity index is 884. The van der Waals surface area contributed by atoms with Crippen LogP contribution in [-0.4, -0.2) is 26.4 Å². The summed E-state index contributed by atoms with van der Waals surface area (Å²) < 4.78 is 39.6. The lowest BCUT2D eigenvalue weighted by atomic mass is 9.64. The molecule has 3 aromatic rings. The number of benzene rings is 1. The van der Waals surface area contributed by atoms with Gasteiger partial charge >= 0.3 is 6.18 Å². The molecule has 1 saturated carbocycles. The average Bonchev–Trinajstić information content (AvgIpc) is 2.98.